The van der Waals surface area contributed by atoms with E-state index in [1.54, 1.807) is 36.4 Å². The molecule has 3 saturated heterocycles. The van der Waals surface area contributed by atoms with Crippen LogP contribution in [0.5, 0.6) is 17.2 Å². The van der Waals surface area contributed by atoms with Crippen LogP contribution in [0, 0.1) is 5.92 Å². The van der Waals surface area contributed by atoms with Gasteiger partial charge in [-0.05, 0) is 93.8 Å². The van der Waals surface area contributed by atoms with Gasteiger partial charge in [-0.15, -0.1) is 0 Å². The van der Waals surface area contributed by atoms with Crippen LogP contribution in [-0.4, -0.2) is 75.6 Å². The van der Waals surface area contributed by atoms with Crippen molar-refractivity contribution in [1.82, 2.24) is 9.80 Å². The molecule has 10 heteroatoms. The minimum atomic E-state index is -3.73. The first-order valence-electron chi connectivity index (χ1n) is 15.2. The third-order valence-electron chi connectivity index (χ3n) is 9.42. The molecule has 228 valence electrons. The molecule has 4 aliphatic heterocycles. The van der Waals surface area contributed by atoms with Crippen LogP contribution in [0.2, 0.25) is 0 Å². The molecule has 7 rings (SSSR count). The van der Waals surface area contributed by atoms with Crippen molar-refractivity contribution < 1.29 is 32.5 Å². The molecule has 0 aromatic heterocycles. The van der Waals surface area contributed by atoms with Crippen LogP contribution in [0.15, 0.2) is 76.5 Å². The van der Waals surface area contributed by atoms with Gasteiger partial charge in [-0.25, -0.2) is 8.42 Å². The van der Waals surface area contributed by atoms with E-state index >= 15 is 0 Å². The van der Waals surface area contributed by atoms with Crippen LogP contribution in [-0.2, 0) is 31.6 Å². The first-order chi connectivity index (χ1) is 20.9. The van der Waals surface area contributed by atoms with Gasteiger partial charge in [0.05, 0.1) is 23.0 Å². The molecule has 1 N–H and O–H groups in total. The lowest BCUT2D eigenvalue weighted by Gasteiger charge is -2.45. The molecule has 0 amide bonds. The number of sulfone groups is 1. The third kappa shape index (κ3) is 5.62. The van der Waals surface area contributed by atoms with Crippen molar-refractivity contribution in [2.75, 3.05) is 46.2 Å². The summed E-state index contributed by atoms with van der Waals surface area (Å²) in [6.45, 7) is 6.20. The molecule has 4 aliphatic rings. The van der Waals surface area contributed by atoms with Gasteiger partial charge < -0.3 is 29.0 Å². The molecule has 0 aliphatic carbocycles. The van der Waals surface area contributed by atoms with Crippen LogP contribution in [0.4, 0.5) is 0 Å². The molecule has 4 heterocycles. The quantitative estimate of drug-likeness (QED) is 0.416. The Hall–Kier alpha value is -3.15. The van der Waals surface area contributed by atoms with E-state index in [9.17, 15) is 13.5 Å². The normalized spacial score (nSPS) is 21.8. The maximum atomic E-state index is 13.4. The second kappa shape index (κ2) is 11.7. The van der Waals surface area contributed by atoms with E-state index in [-0.39, 0.29) is 22.5 Å². The highest BCUT2D eigenvalue weighted by atomic mass is 32.2. The number of hydrogen-bond acceptors (Lipinski definition) is 9. The lowest BCUT2D eigenvalue weighted by molar-refractivity contribution is -0.215. The number of phenolic OH excluding ortho intramolecular Hbond substituents is 1. The predicted molar refractivity (Wildman–Crippen MR) is 159 cm³/mol. The molecule has 0 saturated carbocycles. The van der Waals surface area contributed by atoms with Crippen molar-refractivity contribution in [3.05, 3.63) is 77.9 Å². The van der Waals surface area contributed by atoms with Gasteiger partial charge in [-0.1, -0.05) is 24.3 Å². The Balaban J connectivity index is 0.984. The SMILES string of the molecule is O=S(=O)(c1ccc(C2(C3CCN(C4CCN(Cc5ccc(O)cc5)CC4)CC3)OCCO2)cc1)c1ccc2c(c1)OCO2. The molecular formula is C33H38N2O7S. The van der Waals surface area contributed by atoms with Crippen molar-refractivity contribution in [3.8, 4) is 17.2 Å². The lowest BCUT2D eigenvalue weighted by atomic mass is 9.83. The summed E-state index contributed by atoms with van der Waals surface area (Å²) in [7, 11) is -3.73. The Kier molecular flexibility index (Phi) is 7.81. The summed E-state index contributed by atoms with van der Waals surface area (Å²) in [6.07, 6.45) is 4.23. The fourth-order valence-electron chi connectivity index (χ4n) is 7.06. The number of benzene rings is 3. The number of ether oxygens (including phenoxy) is 4. The van der Waals surface area contributed by atoms with Crippen molar-refractivity contribution in [2.45, 2.75) is 53.8 Å². The molecule has 9 nitrogen and oxygen atoms in total. The topological polar surface area (TPSA) is 97.8 Å². The number of fused-ring (bicyclic) bond motifs is 1. The van der Waals surface area contributed by atoms with Gasteiger partial charge in [0.2, 0.25) is 16.6 Å². The highest BCUT2D eigenvalue weighted by molar-refractivity contribution is 7.91. The number of nitrogens with zero attached hydrogens (tertiary/aromatic N) is 2. The smallest absolute Gasteiger partial charge is 0.231 e. The van der Waals surface area contributed by atoms with Crippen LogP contribution >= 0.6 is 0 Å². The van der Waals surface area contributed by atoms with Gasteiger partial charge in [-0.3, -0.25) is 4.90 Å². The predicted octanol–water partition coefficient (Wildman–Crippen LogP) is 4.53. The summed E-state index contributed by atoms with van der Waals surface area (Å²) in [5, 5.41) is 9.55. The van der Waals surface area contributed by atoms with Crippen molar-refractivity contribution in [1.29, 1.82) is 0 Å². The Morgan fingerprint density at radius 1 is 0.767 bits per heavy atom. The number of rotatable bonds is 7. The van der Waals surface area contributed by atoms with E-state index in [1.165, 1.54) is 11.6 Å². The summed E-state index contributed by atoms with van der Waals surface area (Å²) in [5.41, 5.74) is 2.10. The van der Waals surface area contributed by atoms with Gasteiger partial charge in [0, 0.05) is 30.1 Å². The zero-order valence-electron chi connectivity index (χ0n) is 24.2. The van der Waals surface area contributed by atoms with E-state index in [0.717, 1.165) is 64.0 Å². The van der Waals surface area contributed by atoms with Gasteiger partial charge in [0.25, 0.3) is 0 Å². The first kappa shape index (κ1) is 28.6. The highest BCUT2D eigenvalue weighted by Crippen LogP contribution is 2.44. The number of phenols is 1. The maximum Gasteiger partial charge on any atom is 0.231 e. The lowest BCUT2D eigenvalue weighted by Crippen LogP contribution is -2.50. The number of hydrogen-bond donors (Lipinski definition) is 1. The second-order valence-electron chi connectivity index (χ2n) is 11.9. The van der Waals surface area contributed by atoms with E-state index < -0.39 is 15.6 Å². The highest BCUT2D eigenvalue weighted by Gasteiger charge is 2.47. The minimum absolute atomic E-state index is 0.0931. The monoisotopic (exact) mass is 606 g/mol. The van der Waals surface area contributed by atoms with E-state index in [1.807, 2.05) is 24.3 Å². The number of piperidine rings is 2. The maximum absolute atomic E-state index is 13.4. The van der Waals surface area contributed by atoms with Gasteiger partial charge in [0.15, 0.2) is 17.3 Å². The Morgan fingerprint density at radius 3 is 2.12 bits per heavy atom. The number of aromatic hydroxyl groups is 1. The average Bonchev–Trinajstić information content (AvgIpc) is 3.73. The molecule has 3 aromatic carbocycles. The fourth-order valence-corrected chi connectivity index (χ4v) is 8.34. The minimum Gasteiger partial charge on any atom is -0.508 e. The Bertz CT molecular complexity index is 1520. The van der Waals surface area contributed by atoms with E-state index in [4.69, 9.17) is 18.9 Å². The summed E-state index contributed by atoms with van der Waals surface area (Å²) in [6, 6.07) is 19.8. The van der Waals surface area contributed by atoms with Gasteiger partial charge >= 0.3 is 0 Å². The van der Waals surface area contributed by atoms with Crippen molar-refractivity contribution in [3.63, 3.8) is 0 Å². The van der Waals surface area contributed by atoms with Gasteiger partial charge in [0.1, 0.15) is 5.75 Å². The van der Waals surface area contributed by atoms with E-state index in [0.29, 0.717) is 36.5 Å². The molecule has 0 unspecified atom stereocenters. The fraction of sp³-hybridized carbons (Fsp3) is 0.455. The average molecular weight is 607 g/mol. The summed E-state index contributed by atoms with van der Waals surface area (Å²) in [4.78, 5) is 5.53. The third-order valence-corrected chi connectivity index (χ3v) is 11.2. The standard InChI is InChI=1S/C33H38N2O7S/c36-28-5-1-24(2-6-28)22-34-15-13-27(14-16-34)35-17-11-26(12-18-35)33(41-19-20-42-33)25-3-7-29(8-4-25)43(37,38)30-9-10-31-32(21-30)40-23-39-31/h1-10,21,26-27,36H,11-20,22-23H2. The van der Waals surface area contributed by atoms with Crippen molar-refractivity contribution in [2.24, 2.45) is 5.92 Å². The Morgan fingerprint density at radius 2 is 1.42 bits per heavy atom. The second-order valence-corrected chi connectivity index (χ2v) is 13.8. The van der Waals surface area contributed by atoms with Crippen LogP contribution in [0.3, 0.4) is 0 Å². The first-order valence-corrected chi connectivity index (χ1v) is 16.7. The Labute approximate surface area is 252 Å². The molecule has 43 heavy (non-hydrogen) atoms. The van der Waals surface area contributed by atoms with E-state index in [2.05, 4.69) is 9.80 Å². The summed E-state index contributed by atoms with van der Waals surface area (Å²) >= 11 is 0. The molecule has 3 aromatic rings. The molecule has 0 radical (unpaired) electrons. The molecule has 3 fully saturated rings. The van der Waals surface area contributed by atoms with Crippen molar-refractivity contribution >= 4 is 9.84 Å². The molecule has 0 spiro atoms. The van der Waals surface area contributed by atoms with Crippen LogP contribution in [0.1, 0.15) is 36.8 Å². The molecule has 0 atom stereocenters. The summed E-state index contributed by atoms with van der Waals surface area (Å²) in [5.74, 6) is 0.644. The largest absolute Gasteiger partial charge is 0.508 e. The van der Waals surface area contributed by atoms with Crippen LogP contribution in [0.25, 0.3) is 0 Å². The van der Waals surface area contributed by atoms with Gasteiger partial charge in [-0.2, -0.15) is 0 Å². The zero-order chi connectivity index (χ0) is 29.4. The summed E-state index contributed by atoms with van der Waals surface area (Å²) < 4.78 is 50.2. The molecular weight excluding hydrogens is 568 g/mol. The zero-order valence-corrected chi connectivity index (χ0v) is 25.0. The van der Waals surface area contributed by atoms with Crippen LogP contribution < -0.4 is 9.47 Å². The molecule has 0 bridgehead atoms. The number of likely N-dealkylation sites (tertiary alicyclic amines) is 2.